The molecule has 0 spiro atoms. The molecule has 3 nitrogen and oxygen atoms in total. The van der Waals surface area contributed by atoms with E-state index in [0.717, 1.165) is 9.86 Å². The maximum absolute atomic E-state index is 12.5. The van der Waals surface area contributed by atoms with Gasteiger partial charge in [0.1, 0.15) is 15.7 Å². The molecule has 1 aliphatic heterocycles. The Balaban J connectivity index is 1.98. The minimum absolute atomic E-state index is 0.0913. The zero-order valence-corrected chi connectivity index (χ0v) is 16.4. The van der Waals surface area contributed by atoms with Crippen LogP contribution < -0.4 is 0 Å². The molecular formula is C16H13BrClNO2S2. The second-order valence-corrected chi connectivity index (χ2v) is 8.58. The Labute approximate surface area is 157 Å². The Hall–Kier alpha value is -0.820. The molecule has 7 heteroatoms. The van der Waals surface area contributed by atoms with Crippen molar-refractivity contribution in [3.63, 3.8) is 0 Å². The molecule has 1 aromatic heterocycles. The lowest BCUT2D eigenvalue weighted by atomic mass is 10.2. The number of nitrogens with zero attached hydrogens (tertiary/aromatic N) is 1. The van der Waals surface area contributed by atoms with Gasteiger partial charge in [-0.15, -0.1) is 0 Å². The smallest absolute Gasteiger partial charge is 0.266 e. The van der Waals surface area contributed by atoms with Gasteiger partial charge in [-0.3, -0.25) is 9.69 Å². The summed E-state index contributed by atoms with van der Waals surface area (Å²) >= 11 is 16.4. The highest BCUT2D eigenvalue weighted by atomic mass is 79.9. The number of fused-ring (bicyclic) bond motifs is 1. The van der Waals surface area contributed by atoms with Crippen molar-refractivity contribution in [3.8, 4) is 0 Å². The predicted octanol–water partition coefficient (Wildman–Crippen LogP) is 5.71. The number of benzene rings is 1. The van der Waals surface area contributed by atoms with Gasteiger partial charge in [-0.1, -0.05) is 65.4 Å². The van der Waals surface area contributed by atoms with Crippen molar-refractivity contribution >= 4 is 78.8 Å². The van der Waals surface area contributed by atoms with Gasteiger partial charge in [0.25, 0.3) is 5.91 Å². The van der Waals surface area contributed by atoms with Crippen LogP contribution in [0.15, 0.2) is 32.0 Å². The number of carbonyl (C=O) groups is 1. The molecule has 1 amide bonds. The zero-order chi connectivity index (χ0) is 16.7. The molecule has 1 fully saturated rings. The van der Waals surface area contributed by atoms with Gasteiger partial charge in [-0.2, -0.15) is 0 Å². The molecule has 1 saturated heterocycles. The van der Waals surface area contributed by atoms with Gasteiger partial charge in [0, 0.05) is 22.5 Å². The second kappa shape index (κ2) is 6.59. The van der Waals surface area contributed by atoms with E-state index in [9.17, 15) is 4.79 Å². The molecule has 2 heterocycles. The number of thioether (sulfide) groups is 1. The zero-order valence-electron chi connectivity index (χ0n) is 12.4. The summed E-state index contributed by atoms with van der Waals surface area (Å²) in [7, 11) is 0. The fourth-order valence-electron chi connectivity index (χ4n) is 2.29. The molecule has 3 rings (SSSR count). The van der Waals surface area contributed by atoms with Crippen LogP contribution in [0.4, 0.5) is 0 Å². The van der Waals surface area contributed by atoms with Crippen LogP contribution in [0.2, 0.25) is 5.02 Å². The van der Waals surface area contributed by atoms with Crippen molar-refractivity contribution in [3.05, 3.63) is 38.4 Å². The van der Waals surface area contributed by atoms with E-state index in [2.05, 4.69) is 29.8 Å². The van der Waals surface area contributed by atoms with Crippen LogP contribution in [0.1, 0.15) is 19.6 Å². The molecular weight excluding hydrogens is 418 g/mol. The standard InChI is InChI=1S/C16H13BrClNO2S2/c1-8(2)7-19-15(20)13(23-16(19)22)6-12-14(18)10-5-9(17)3-4-11(10)21-12/h3-6,8H,7H2,1-2H3. The fourth-order valence-corrected chi connectivity index (χ4v) is 4.14. The highest BCUT2D eigenvalue weighted by Crippen LogP contribution is 2.38. The van der Waals surface area contributed by atoms with Gasteiger partial charge in [-0.25, -0.2) is 0 Å². The second-order valence-electron chi connectivity index (χ2n) is 5.61. The van der Waals surface area contributed by atoms with E-state index in [1.54, 1.807) is 11.0 Å². The highest BCUT2D eigenvalue weighted by molar-refractivity contribution is 9.10. The molecule has 0 radical (unpaired) electrons. The van der Waals surface area contributed by atoms with Gasteiger partial charge in [0.15, 0.2) is 0 Å². The first kappa shape index (κ1) is 17.0. The van der Waals surface area contributed by atoms with Crippen molar-refractivity contribution in [1.29, 1.82) is 0 Å². The summed E-state index contributed by atoms with van der Waals surface area (Å²) in [6.07, 6.45) is 1.68. The van der Waals surface area contributed by atoms with Crippen LogP contribution in [0.3, 0.4) is 0 Å². The number of rotatable bonds is 3. The number of furan rings is 1. The van der Waals surface area contributed by atoms with E-state index in [0.29, 0.717) is 38.1 Å². The largest absolute Gasteiger partial charge is 0.455 e. The SMILES string of the molecule is CC(C)CN1C(=O)C(=Cc2oc3ccc(Br)cc3c2Cl)SC1=S. The monoisotopic (exact) mass is 429 g/mol. The maximum Gasteiger partial charge on any atom is 0.266 e. The number of hydrogen-bond acceptors (Lipinski definition) is 4. The lowest BCUT2D eigenvalue weighted by Gasteiger charge is -2.16. The fraction of sp³-hybridized carbons (Fsp3) is 0.250. The molecule has 0 bridgehead atoms. The molecule has 0 atom stereocenters. The molecule has 1 aliphatic rings. The van der Waals surface area contributed by atoms with Crippen molar-refractivity contribution in [1.82, 2.24) is 4.90 Å². The number of thiocarbonyl (C=S) groups is 1. The van der Waals surface area contributed by atoms with Crippen molar-refractivity contribution in [2.75, 3.05) is 6.54 Å². The van der Waals surface area contributed by atoms with E-state index in [1.165, 1.54) is 11.8 Å². The molecule has 0 aliphatic carbocycles. The van der Waals surface area contributed by atoms with Crippen molar-refractivity contribution in [2.24, 2.45) is 5.92 Å². The Kier molecular flexibility index (Phi) is 4.88. The summed E-state index contributed by atoms with van der Waals surface area (Å²) < 4.78 is 7.25. The average molecular weight is 431 g/mol. The van der Waals surface area contributed by atoms with Crippen LogP contribution in [0.5, 0.6) is 0 Å². The summed E-state index contributed by atoms with van der Waals surface area (Å²) in [5.74, 6) is 0.736. The van der Waals surface area contributed by atoms with Gasteiger partial charge in [0.2, 0.25) is 0 Å². The van der Waals surface area contributed by atoms with Gasteiger partial charge >= 0.3 is 0 Å². The van der Waals surface area contributed by atoms with Crippen molar-refractivity contribution in [2.45, 2.75) is 13.8 Å². The average Bonchev–Trinajstić information content (AvgIpc) is 2.92. The first-order valence-corrected chi connectivity index (χ1v) is 9.39. The number of amides is 1. The van der Waals surface area contributed by atoms with Crippen LogP contribution in [-0.2, 0) is 4.79 Å². The number of halogens is 2. The summed E-state index contributed by atoms with van der Waals surface area (Å²) in [6.45, 7) is 4.72. The quantitative estimate of drug-likeness (QED) is 0.461. The normalized spacial score (nSPS) is 17.3. The molecule has 2 aromatic rings. The summed E-state index contributed by atoms with van der Waals surface area (Å²) in [5.41, 5.74) is 0.683. The lowest BCUT2D eigenvalue weighted by Crippen LogP contribution is -2.31. The first-order chi connectivity index (χ1) is 10.9. The molecule has 0 saturated carbocycles. The van der Waals surface area contributed by atoms with E-state index in [1.807, 2.05) is 18.2 Å². The summed E-state index contributed by atoms with van der Waals surface area (Å²) in [4.78, 5) is 14.7. The Morgan fingerprint density at radius 1 is 1.48 bits per heavy atom. The van der Waals surface area contributed by atoms with Crippen LogP contribution >= 0.6 is 51.5 Å². The Morgan fingerprint density at radius 2 is 2.22 bits per heavy atom. The van der Waals surface area contributed by atoms with Crippen LogP contribution in [-0.4, -0.2) is 21.7 Å². The molecule has 1 aromatic carbocycles. The molecule has 23 heavy (non-hydrogen) atoms. The topological polar surface area (TPSA) is 33.5 Å². The predicted molar refractivity (Wildman–Crippen MR) is 104 cm³/mol. The van der Waals surface area contributed by atoms with E-state index < -0.39 is 0 Å². The number of hydrogen-bond donors (Lipinski definition) is 0. The Bertz CT molecular complexity index is 844. The minimum atomic E-state index is -0.0913. The van der Waals surface area contributed by atoms with E-state index in [4.69, 9.17) is 28.2 Å². The first-order valence-electron chi connectivity index (χ1n) is 6.99. The molecule has 120 valence electrons. The van der Waals surface area contributed by atoms with Crippen LogP contribution in [0, 0.1) is 5.92 Å². The molecule has 0 N–H and O–H groups in total. The third-order valence-corrected chi connectivity index (χ3v) is 5.56. The van der Waals surface area contributed by atoms with E-state index >= 15 is 0 Å². The van der Waals surface area contributed by atoms with Crippen LogP contribution in [0.25, 0.3) is 17.0 Å². The summed E-state index contributed by atoms with van der Waals surface area (Å²) in [5, 5.41) is 1.31. The third-order valence-electron chi connectivity index (χ3n) is 3.30. The summed E-state index contributed by atoms with van der Waals surface area (Å²) in [6, 6.07) is 5.61. The van der Waals surface area contributed by atoms with Gasteiger partial charge < -0.3 is 4.42 Å². The third kappa shape index (κ3) is 3.36. The van der Waals surface area contributed by atoms with Crippen molar-refractivity contribution < 1.29 is 9.21 Å². The van der Waals surface area contributed by atoms with Gasteiger partial charge in [0.05, 0.1) is 9.93 Å². The minimum Gasteiger partial charge on any atom is -0.455 e. The number of carbonyl (C=O) groups excluding carboxylic acids is 1. The Morgan fingerprint density at radius 3 is 2.91 bits per heavy atom. The highest BCUT2D eigenvalue weighted by Gasteiger charge is 2.32. The lowest BCUT2D eigenvalue weighted by molar-refractivity contribution is -0.122. The molecule has 0 unspecified atom stereocenters. The van der Waals surface area contributed by atoms with Gasteiger partial charge in [-0.05, 0) is 24.1 Å². The maximum atomic E-state index is 12.5. The van der Waals surface area contributed by atoms with E-state index in [-0.39, 0.29) is 5.91 Å².